The van der Waals surface area contributed by atoms with Crippen molar-refractivity contribution in [3.8, 4) is 0 Å². The van der Waals surface area contributed by atoms with E-state index in [2.05, 4.69) is 12.3 Å². The number of nitrogens with two attached hydrogens (primary N) is 1. The van der Waals surface area contributed by atoms with Gasteiger partial charge >= 0.3 is 0 Å². The van der Waals surface area contributed by atoms with Crippen molar-refractivity contribution in [3.05, 3.63) is 16.1 Å². The van der Waals surface area contributed by atoms with Gasteiger partial charge in [0.25, 0.3) is 0 Å². The third-order valence-corrected chi connectivity index (χ3v) is 5.19. The lowest BCUT2D eigenvalue weighted by Gasteiger charge is -2.34. The zero-order chi connectivity index (χ0) is 11.2. The van der Waals surface area contributed by atoms with Crippen LogP contribution in [0.3, 0.4) is 0 Å². The fraction of sp³-hybridized carbons (Fsp3) is 0.769. The van der Waals surface area contributed by atoms with Crippen molar-refractivity contribution >= 4 is 11.3 Å². The van der Waals surface area contributed by atoms with Crippen molar-refractivity contribution in [2.75, 3.05) is 0 Å². The highest BCUT2D eigenvalue weighted by atomic mass is 32.1. The molecule has 2 N–H and O–H groups in total. The molecule has 0 bridgehead atoms. The fourth-order valence-corrected chi connectivity index (χ4v) is 3.65. The van der Waals surface area contributed by atoms with E-state index in [0.29, 0.717) is 0 Å². The molecule has 1 aromatic heterocycles. The van der Waals surface area contributed by atoms with E-state index < -0.39 is 0 Å². The fourth-order valence-electron chi connectivity index (χ4n) is 2.57. The summed E-state index contributed by atoms with van der Waals surface area (Å²) < 4.78 is 0. The first kappa shape index (κ1) is 10.7. The molecule has 2 nitrogen and oxygen atoms in total. The van der Waals surface area contributed by atoms with Crippen LogP contribution in [0.25, 0.3) is 0 Å². The molecular weight excluding hydrogens is 216 g/mol. The standard InChI is InChI=1S/C13H20N2S/c1-9-4-6-13(14,7-5-9)12-15-11(8-16-12)10-2-3-10/h8-10H,2-7,14H2,1H3. The van der Waals surface area contributed by atoms with Gasteiger partial charge < -0.3 is 5.73 Å². The molecule has 0 aliphatic heterocycles. The van der Waals surface area contributed by atoms with Crippen LogP contribution in [-0.4, -0.2) is 4.98 Å². The highest BCUT2D eigenvalue weighted by molar-refractivity contribution is 7.09. The predicted octanol–water partition coefficient (Wildman–Crippen LogP) is 3.38. The van der Waals surface area contributed by atoms with E-state index in [1.54, 1.807) is 11.3 Å². The molecule has 3 rings (SSSR count). The lowest BCUT2D eigenvalue weighted by molar-refractivity contribution is 0.247. The summed E-state index contributed by atoms with van der Waals surface area (Å²) in [6.07, 6.45) is 7.41. The number of rotatable bonds is 2. The second-order valence-electron chi connectivity index (χ2n) is 5.69. The molecule has 2 aliphatic rings. The summed E-state index contributed by atoms with van der Waals surface area (Å²) in [6.45, 7) is 2.33. The minimum Gasteiger partial charge on any atom is -0.319 e. The van der Waals surface area contributed by atoms with Gasteiger partial charge in [-0.1, -0.05) is 6.92 Å². The molecule has 0 atom stereocenters. The van der Waals surface area contributed by atoms with E-state index in [4.69, 9.17) is 10.7 Å². The molecule has 0 amide bonds. The molecule has 1 aromatic rings. The summed E-state index contributed by atoms with van der Waals surface area (Å²) in [5.74, 6) is 1.61. The molecule has 0 unspecified atom stereocenters. The molecule has 3 heteroatoms. The first-order valence-electron chi connectivity index (χ1n) is 6.42. The number of thiazole rings is 1. The highest BCUT2D eigenvalue weighted by Crippen LogP contribution is 2.43. The number of hydrogen-bond acceptors (Lipinski definition) is 3. The van der Waals surface area contributed by atoms with Crippen LogP contribution in [0.5, 0.6) is 0 Å². The van der Waals surface area contributed by atoms with E-state index in [-0.39, 0.29) is 5.54 Å². The van der Waals surface area contributed by atoms with Crippen molar-refractivity contribution in [2.24, 2.45) is 11.7 Å². The van der Waals surface area contributed by atoms with Crippen LogP contribution < -0.4 is 5.73 Å². The molecule has 0 saturated heterocycles. The van der Waals surface area contributed by atoms with Crippen LogP contribution in [0.15, 0.2) is 5.38 Å². The van der Waals surface area contributed by atoms with Crippen LogP contribution >= 0.6 is 11.3 Å². The topological polar surface area (TPSA) is 38.9 Å². The van der Waals surface area contributed by atoms with Crippen molar-refractivity contribution < 1.29 is 0 Å². The molecule has 0 spiro atoms. The first-order chi connectivity index (χ1) is 7.67. The molecule has 0 radical (unpaired) electrons. The summed E-state index contributed by atoms with van der Waals surface area (Å²) in [7, 11) is 0. The van der Waals surface area contributed by atoms with Gasteiger partial charge in [0.1, 0.15) is 5.01 Å². The average molecular weight is 236 g/mol. The third-order valence-electron chi connectivity index (χ3n) is 4.11. The van der Waals surface area contributed by atoms with Crippen LogP contribution in [0, 0.1) is 5.92 Å². The Morgan fingerprint density at radius 2 is 2.00 bits per heavy atom. The van der Waals surface area contributed by atoms with Crippen LogP contribution in [0.1, 0.15) is 62.1 Å². The quantitative estimate of drug-likeness (QED) is 0.855. The zero-order valence-electron chi connectivity index (χ0n) is 9.91. The normalized spacial score (nSPS) is 35.2. The van der Waals surface area contributed by atoms with Gasteiger partial charge in [-0.2, -0.15) is 0 Å². The van der Waals surface area contributed by atoms with Gasteiger partial charge in [0.2, 0.25) is 0 Å². The van der Waals surface area contributed by atoms with E-state index >= 15 is 0 Å². The lowest BCUT2D eigenvalue weighted by atomic mass is 9.78. The van der Waals surface area contributed by atoms with Crippen LogP contribution in [0.4, 0.5) is 0 Å². The Bertz CT molecular complexity index is 373. The Balaban J connectivity index is 1.78. The van der Waals surface area contributed by atoms with Gasteiger partial charge in [-0.25, -0.2) is 4.98 Å². The van der Waals surface area contributed by atoms with Crippen LogP contribution in [-0.2, 0) is 5.54 Å². The Morgan fingerprint density at radius 1 is 1.31 bits per heavy atom. The van der Waals surface area contributed by atoms with Gasteiger partial charge in [0, 0.05) is 11.3 Å². The SMILES string of the molecule is CC1CCC(N)(c2nc(C3CC3)cs2)CC1. The lowest BCUT2D eigenvalue weighted by Crippen LogP contribution is -2.40. The molecule has 88 valence electrons. The van der Waals surface area contributed by atoms with Crippen molar-refractivity contribution in [3.63, 3.8) is 0 Å². The van der Waals surface area contributed by atoms with Crippen LogP contribution in [0.2, 0.25) is 0 Å². The largest absolute Gasteiger partial charge is 0.319 e. The summed E-state index contributed by atoms with van der Waals surface area (Å²) in [6, 6.07) is 0. The highest BCUT2D eigenvalue weighted by Gasteiger charge is 2.36. The Morgan fingerprint density at radius 3 is 2.62 bits per heavy atom. The molecule has 1 heterocycles. The van der Waals surface area contributed by atoms with Crippen molar-refractivity contribution in [1.82, 2.24) is 4.98 Å². The maximum absolute atomic E-state index is 6.52. The molecule has 2 aliphatic carbocycles. The van der Waals surface area contributed by atoms with E-state index in [1.807, 2.05) is 0 Å². The molecule has 16 heavy (non-hydrogen) atoms. The van der Waals surface area contributed by atoms with Gasteiger partial charge in [0.05, 0.1) is 11.2 Å². The maximum Gasteiger partial charge on any atom is 0.113 e. The number of nitrogens with zero attached hydrogens (tertiary/aromatic N) is 1. The van der Waals surface area contributed by atoms with E-state index in [1.165, 1.54) is 36.4 Å². The van der Waals surface area contributed by atoms with Crippen molar-refractivity contribution in [1.29, 1.82) is 0 Å². The minimum atomic E-state index is -0.107. The second kappa shape index (κ2) is 3.81. The molecule has 2 fully saturated rings. The Labute approximate surface area is 101 Å². The van der Waals surface area contributed by atoms with E-state index in [0.717, 1.165) is 24.7 Å². The van der Waals surface area contributed by atoms with Gasteiger partial charge in [-0.3, -0.25) is 0 Å². The summed E-state index contributed by atoms with van der Waals surface area (Å²) in [4.78, 5) is 4.79. The Kier molecular flexibility index (Phi) is 2.55. The smallest absolute Gasteiger partial charge is 0.113 e. The van der Waals surface area contributed by atoms with Gasteiger partial charge in [-0.05, 0) is 44.4 Å². The number of aromatic nitrogens is 1. The van der Waals surface area contributed by atoms with Gasteiger partial charge in [-0.15, -0.1) is 11.3 Å². The monoisotopic (exact) mass is 236 g/mol. The summed E-state index contributed by atoms with van der Waals surface area (Å²) in [5.41, 5.74) is 7.73. The third kappa shape index (κ3) is 1.91. The predicted molar refractivity (Wildman–Crippen MR) is 67.6 cm³/mol. The Hall–Kier alpha value is -0.410. The van der Waals surface area contributed by atoms with Gasteiger partial charge in [0.15, 0.2) is 0 Å². The van der Waals surface area contributed by atoms with E-state index in [9.17, 15) is 0 Å². The summed E-state index contributed by atoms with van der Waals surface area (Å²) in [5, 5.41) is 3.43. The second-order valence-corrected chi connectivity index (χ2v) is 6.55. The average Bonchev–Trinajstić information content (AvgIpc) is 3.01. The zero-order valence-corrected chi connectivity index (χ0v) is 10.7. The first-order valence-corrected chi connectivity index (χ1v) is 7.30. The maximum atomic E-state index is 6.52. The summed E-state index contributed by atoms with van der Waals surface area (Å²) >= 11 is 1.79. The molecule has 0 aromatic carbocycles. The molecule has 2 saturated carbocycles. The van der Waals surface area contributed by atoms with Crippen molar-refractivity contribution in [2.45, 2.75) is 56.9 Å². The number of hydrogen-bond donors (Lipinski definition) is 1. The minimum absolute atomic E-state index is 0.107. The molecular formula is C13H20N2S.